The molecule has 3 rings (SSSR count). The Morgan fingerprint density at radius 3 is 2.52 bits per heavy atom. The molecule has 0 bridgehead atoms. The van der Waals surface area contributed by atoms with E-state index in [0.717, 1.165) is 33.6 Å². The van der Waals surface area contributed by atoms with Crippen LogP contribution in [0.2, 0.25) is 0 Å². The first kappa shape index (κ1) is 15.2. The quantitative estimate of drug-likeness (QED) is 0.785. The molecule has 1 aliphatic rings. The lowest BCUT2D eigenvalue weighted by Gasteiger charge is -2.37. The summed E-state index contributed by atoms with van der Waals surface area (Å²) in [6, 6.07) is 10.1. The topological polar surface area (TPSA) is 33.1 Å². The number of nitrogens with zero attached hydrogens (tertiary/aromatic N) is 1. The molecule has 4 heteroatoms. The van der Waals surface area contributed by atoms with Crippen LogP contribution in [-0.4, -0.2) is 10.1 Å². The van der Waals surface area contributed by atoms with Gasteiger partial charge in [-0.1, -0.05) is 65.5 Å². The molecular formula is C17H20BrNOS. The molecule has 0 saturated heterocycles. The number of hydrogen-bond donors (Lipinski definition) is 1. The second-order valence-corrected chi connectivity index (χ2v) is 7.41. The van der Waals surface area contributed by atoms with Crippen molar-refractivity contribution >= 4 is 27.3 Å². The summed E-state index contributed by atoms with van der Waals surface area (Å²) in [5, 5.41) is 13.3. The van der Waals surface area contributed by atoms with Crippen LogP contribution in [0.3, 0.4) is 0 Å². The van der Waals surface area contributed by atoms with Crippen molar-refractivity contribution in [1.29, 1.82) is 0 Å². The Morgan fingerprint density at radius 1 is 1.19 bits per heavy atom. The smallest absolute Gasteiger partial charge is 0.144 e. The first-order chi connectivity index (χ1) is 10.2. The van der Waals surface area contributed by atoms with Gasteiger partial charge in [0.1, 0.15) is 10.6 Å². The maximum atomic E-state index is 11.6. The minimum absolute atomic E-state index is 0.267. The zero-order chi connectivity index (χ0) is 14.7. The third kappa shape index (κ3) is 2.94. The lowest BCUT2D eigenvalue weighted by atomic mass is 9.73. The van der Waals surface area contributed by atoms with Gasteiger partial charge in [0.15, 0.2) is 0 Å². The van der Waals surface area contributed by atoms with E-state index in [0.29, 0.717) is 0 Å². The van der Waals surface area contributed by atoms with Gasteiger partial charge in [-0.25, -0.2) is 4.98 Å². The lowest BCUT2D eigenvalue weighted by Crippen LogP contribution is -2.37. The SMILES string of the molecule is OC(c1ccccc1)(c1ncc(CBr)s1)C1CCCCC1. The summed E-state index contributed by atoms with van der Waals surface area (Å²) in [6.45, 7) is 0. The van der Waals surface area contributed by atoms with Crippen LogP contribution in [0.5, 0.6) is 0 Å². The standard InChI is InChI=1S/C17H20BrNOS/c18-11-15-12-19-16(21-15)17(20,13-7-3-1-4-8-13)14-9-5-2-6-10-14/h1,3-4,7-8,12,14,20H,2,5-6,9-11H2. The van der Waals surface area contributed by atoms with Crippen molar-refractivity contribution in [1.82, 2.24) is 4.98 Å². The van der Waals surface area contributed by atoms with E-state index in [9.17, 15) is 5.11 Å². The average molecular weight is 366 g/mol. The Bertz CT molecular complexity index is 579. The van der Waals surface area contributed by atoms with Gasteiger partial charge in [0.25, 0.3) is 0 Å². The molecule has 2 nitrogen and oxygen atoms in total. The number of thiazole rings is 1. The van der Waals surface area contributed by atoms with Gasteiger partial charge in [0, 0.05) is 16.4 Å². The molecule has 1 aromatic heterocycles. The third-order valence-corrected chi connectivity index (χ3v) is 6.52. The maximum absolute atomic E-state index is 11.6. The van der Waals surface area contributed by atoms with Crippen molar-refractivity contribution in [3.8, 4) is 0 Å². The Labute approximate surface area is 138 Å². The lowest BCUT2D eigenvalue weighted by molar-refractivity contribution is -0.000882. The first-order valence-corrected chi connectivity index (χ1v) is 9.48. The number of benzene rings is 1. The number of hydrogen-bond acceptors (Lipinski definition) is 3. The molecule has 1 saturated carbocycles. The molecule has 0 spiro atoms. The van der Waals surface area contributed by atoms with E-state index in [1.165, 1.54) is 19.3 Å². The number of aromatic nitrogens is 1. The number of alkyl halides is 1. The first-order valence-electron chi connectivity index (χ1n) is 7.54. The summed E-state index contributed by atoms with van der Waals surface area (Å²) in [4.78, 5) is 5.71. The summed E-state index contributed by atoms with van der Waals surface area (Å²) in [7, 11) is 0. The van der Waals surface area contributed by atoms with Crippen molar-refractivity contribution in [3.63, 3.8) is 0 Å². The van der Waals surface area contributed by atoms with E-state index in [1.807, 2.05) is 36.5 Å². The van der Waals surface area contributed by atoms with Gasteiger partial charge < -0.3 is 5.11 Å². The highest BCUT2D eigenvalue weighted by Gasteiger charge is 2.42. The van der Waals surface area contributed by atoms with Crippen LogP contribution >= 0.6 is 27.3 Å². The van der Waals surface area contributed by atoms with Crippen molar-refractivity contribution in [2.24, 2.45) is 5.92 Å². The van der Waals surface area contributed by atoms with Gasteiger partial charge in [-0.05, 0) is 24.3 Å². The minimum Gasteiger partial charge on any atom is -0.378 e. The molecule has 1 aromatic carbocycles. The van der Waals surface area contributed by atoms with Crippen LogP contribution in [-0.2, 0) is 10.9 Å². The van der Waals surface area contributed by atoms with E-state index >= 15 is 0 Å². The summed E-state index contributed by atoms with van der Waals surface area (Å²) in [5.41, 5.74) is 0.0413. The minimum atomic E-state index is -0.938. The molecule has 21 heavy (non-hydrogen) atoms. The van der Waals surface area contributed by atoms with Crippen molar-refractivity contribution in [2.75, 3.05) is 0 Å². The predicted octanol–water partition coefficient (Wildman–Crippen LogP) is 4.85. The molecule has 112 valence electrons. The number of rotatable bonds is 4. The summed E-state index contributed by atoms with van der Waals surface area (Å²) < 4.78 is 0. The van der Waals surface area contributed by atoms with Crippen molar-refractivity contribution in [2.45, 2.75) is 43.0 Å². The van der Waals surface area contributed by atoms with E-state index < -0.39 is 5.60 Å². The zero-order valence-electron chi connectivity index (χ0n) is 12.0. The Hall–Kier alpha value is -0.710. The van der Waals surface area contributed by atoms with Crippen LogP contribution in [0.4, 0.5) is 0 Å². The second kappa shape index (κ2) is 6.59. The maximum Gasteiger partial charge on any atom is 0.144 e. The largest absolute Gasteiger partial charge is 0.378 e. The van der Waals surface area contributed by atoms with Crippen LogP contribution in [0.15, 0.2) is 36.5 Å². The second-order valence-electron chi connectivity index (χ2n) is 5.73. The Kier molecular flexibility index (Phi) is 4.77. The zero-order valence-corrected chi connectivity index (χ0v) is 14.4. The molecule has 2 aromatic rings. The van der Waals surface area contributed by atoms with Gasteiger partial charge in [-0.15, -0.1) is 11.3 Å². The molecule has 1 N–H and O–H groups in total. The average Bonchev–Trinajstić information content (AvgIpc) is 3.05. The molecular weight excluding hydrogens is 346 g/mol. The fraction of sp³-hybridized carbons (Fsp3) is 0.471. The van der Waals surface area contributed by atoms with E-state index in [1.54, 1.807) is 11.3 Å². The van der Waals surface area contributed by atoms with E-state index in [-0.39, 0.29) is 5.92 Å². The van der Waals surface area contributed by atoms with Gasteiger partial charge in [0.2, 0.25) is 0 Å². The molecule has 1 fully saturated rings. The van der Waals surface area contributed by atoms with E-state index in [2.05, 4.69) is 20.9 Å². The van der Waals surface area contributed by atoms with Crippen molar-refractivity contribution < 1.29 is 5.11 Å². The molecule has 1 aliphatic carbocycles. The van der Waals surface area contributed by atoms with Crippen LogP contribution < -0.4 is 0 Å². The fourth-order valence-electron chi connectivity index (χ4n) is 3.29. The molecule has 1 heterocycles. The van der Waals surface area contributed by atoms with Crippen LogP contribution in [0, 0.1) is 5.92 Å². The van der Waals surface area contributed by atoms with Crippen LogP contribution in [0.1, 0.15) is 47.6 Å². The van der Waals surface area contributed by atoms with Crippen LogP contribution in [0.25, 0.3) is 0 Å². The third-order valence-electron chi connectivity index (χ3n) is 4.42. The Morgan fingerprint density at radius 2 is 1.90 bits per heavy atom. The predicted molar refractivity (Wildman–Crippen MR) is 90.8 cm³/mol. The summed E-state index contributed by atoms with van der Waals surface area (Å²) >= 11 is 5.10. The number of aliphatic hydroxyl groups is 1. The van der Waals surface area contributed by atoms with Gasteiger partial charge >= 0.3 is 0 Å². The normalized spacial score (nSPS) is 19.3. The van der Waals surface area contributed by atoms with Crippen molar-refractivity contribution in [3.05, 3.63) is 52.0 Å². The molecule has 1 atom stereocenters. The van der Waals surface area contributed by atoms with Gasteiger partial charge in [-0.3, -0.25) is 0 Å². The molecule has 0 amide bonds. The highest BCUT2D eigenvalue weighted by molar-refractivity contribution is 9.08. The Balaban J connectivity index is 2.05. The molecule has 0 aliphatic heterocycles. The summed E-state index contributed by atoms with van der Waals surface area (Å²) in [6.07, 6.45) is 7.73. The fourth-order valence-corrected chi connectivity index (χ4v) is 4.73. The molecule has 1 unspecified atom stereocenters. The summed E-state index contributed by atoms with van der Waals surface area (Å²) in [5.74, 6) is 0.267. The number of halogens is 1. The monoisotopic (exact) mass is 365 g/mol. The van der Waals surface area contributed by atoms with Gasteiger partial charge in [0.05, 0.1) is 0 Å². The highest BCUT2D eigenvalue weighted by Crippen LogP contribution is 2.45. The molecule has 0 radical (unpaired) electrons. The van der Waals surface area contributed by atoms with Gasteiger partial charge in [-0.2, -0.15) is 0 Å². The highest BCUT2D eigenvalue weighted by atomic mass is 79.9. The van der Waals surface area contributed by atoms with E-state index in [4.69, 9.17) is 0 Å².